The van der Waals surface area contributed by atoms with E-state index in [0.717, 1.165) is 30.2 Å². The first-order valence-corrected chi connectivity index (χ1v) is 6.16. The van der Waals surface area contributed by atoms with Crippen LogP contribution in [0.1, 0.15) is 11.3 Å². The number of aromatic nitrogens is 1. The van der Waals surface area contributed by atoms with Gasteiger partial charge < -0.3 is 20.1 Å². The SMILES string of the molecule is COC1CN(c2ccc(CN)c(C)n2)CC1OC. The van der Waals surface area contributed by atoms with Crippen LogP contribution in [-0.4, -0.2) is 44.5 Å². The van der Waals surface area contributed by atoms with E-state index in [0.29, 0.717) is 6.54 Å². The second-order valence-electron chi connectivity index (χ2n) is 4.57. The standard InChI is InChI=1S/C13H21N3O2/c1-9-10(6-14)4-5-13(15-9)16-7-11(17-2)12(8-16)18-3/h4-5,11-12H,6-8,14H2,1-3H3. The maximum Gasteiger partial charge on any atom is 0.128 e. The molecule has 2 N–H and O–H groups in total. The lowest BCUT2D eigenvalue weighted by Crippen LogP contribution is -2.27. The second kappa shape index (κ2) is 5.65. The van der Waals surface area contributed by atoms with Crippen LogP contribution in [-0.2, 0) is 16.0 Å². The van der Waals surface area contributed by atoms with Gasteiger partial charge in [0.05, 0.1) is 0 Å². The molecule has 100 valence electrons. The number of hydrogen-bond acceptors (Lipinski definition) is 5. The van der Waals surface area contributed by atoms with E-state index < -0.39 is 0 Å². The number of ether oxygens (including phenoxy) is 2. The first kappa shape index (κ1) is 13.3. The molecule has 2 unspecified atom stereocenters. The third kappa shape index (κ3) is 2.48. The van der Waals surface area contributed by atoms with Crippen molar-refractivity contribution in [1.29, 1.82) is 0 Å². The highest BCUT2D eigenvalue weighted by Crippen LogP contribution is 2.22. The largest absolute Gasteiger partial charge is 0.377 e. The van der Waals surface area contributed by atoms with E-state index >= 15 is 0 Å². The lowest BCUT2D eigenvalue weighted by atomic mass is 10.2. The molecule has 0 aromatic carbocycles. The Balaban J connectivity index is 2.15. The van der Waals surface area contributed by atoms with Crippen LogP contribution in [0.2, 0.25) is 0 Å². The maximum atomic E-state index is 5.65. The summed E-state index contributed by atoms with van der Waals surface area (Å²) in [5, 5.41) is 0. The van der Waals surface area contributed by atoms with Crippen molar-refractivity contribution < 1.29 is 9.47 Å². The van der Waals surface area contributed by atoms with Crippen molar-refractivity contribution in [3.63, 3.8) is 0 Å². The van der Waals surface area contributed by atoms with E-state index in [9.17, 15) is 0 Å². The Kier molecular flexibility index (Phi) is 4.16. The fourth-order valence-corrected chi connectivity index (χ4v) is 2.35. The zero-order chi connectivity index (χ0) is 13.1. The maximum absolute atomic E-state index is 5.65. The Morgan fingerprint density at radius 1 is 1.28 bits per heavy atom. The van der Waals surface area contributed by atoms with Gasteiger partial charge in [-0.2, -0.15) is 0 Å². The lowest BCUT2D eigenvalue weighted by Gasteiger charge is -2.18. The molecule has 2 atom stereocenters. The number of rotatable bonds is 4. The molecular formula is C13H21N3O2. The van der Waals surface area contributed by atoms with Crippen LogP contribution in [0.4, 0.5) is 5.82 Å². The molecule has 0 bridgehead atoms. The van der Waals surface area contributed by atoms with Crippen LogP contribution in [0.15, 0.2) is 12.1 Å². The molecule has 1 aromatic rings. The minimum absolute atomic E-state index is 0.103. The lowest BCUT2D eigenvalue weighted by molar-refractivity contribution is -0.00461. The number of aryl methyl sites for hydroxylation is 1. The van der Waals surface area contributed by atoms with Crippen LogP contribution in [0.25, 0.3) is 0 Å². The van der Waals surface area contributed by atoms with Gasteiger partial charge in [-0.3, -0.25) is 0 Å². The topological polar surface area (TPSA) is 60.6 Å². The van der Waals surface area contributed by atoms with Crippen LogP contribution in [0.5, 0.6) is 0 Å². The number of nitrogens with two attached hydrogens (primary N) is 1. The third-order valence-electron chi connectivity index (χ3n) is 3.55. The van der Waals surface area contributed by atoms with Gasteiger partial charge in [-0.15, -0.1) is 0 Å². The van der Waals surface area contributed by atoms with E-state index in [1.165, 1.54) is 0 Å². The van der Waals surface area contributed by atoms with Gasteiger partial charge in [-0.1, -0.05) is 6.07 Å². The van der Waals surface area contributed by atoms with Crippen molar-refractivity contribution in [3.8, 4) is 0 Å². The molecule has 5 heteroatoms. The fraction of sp³-hybridized carbons (Fsp3) is 0.615. The summed E-state index contributed by atoms with van der Waals surface area (Å²) >= 11 is 0. The first-order valence-electron chi connectivity index (χ1n) is 6.16. The van der Waals surface area contributed by atoms with Crippen molar-refractivity contribution in [2.24, 2.45) is 5.73 Å². The first-order chi connectivity index (χ1) is 8.69. The molecule has 1 fully saturated rings. The zero-order valence-electron chi connectivity index (χ0n) is 11.2. The summed E-state index contributed by atoms with van der Waals surface area (Å²) in [6, 6.07) is 4.06. The quantitative estimate of drug-likeness (QED) is 0.853. The summed E-state index contributed by atoms with van der Waals surface area (Å²) in [7, 11) is 3.44. The Morgan fingerprint density at radius 2 is 1.89 bits per heavy atom. The molecule has 0 radical (unpaired) electrons. The molecule has 18 heavy (non-hydrogen) atoms. The van der Waals surface area contributed by atoms with Crippen molar-refractivity contribution >= 4 is 5.82 Å². The molecule has 1 aliphatic heterocycles. The highest BCUT2D eigenvalue weighted by atomic mass is 16.5. The predicted octanol–water partition coefficient (Wildman–Crippen LogP) is 0.699. The van der Waals surface area contributed by atoms with Crippen molar-refractivity contribution in [3.05, 3.63) is 23.4 Å². The molecule has 0 saturated carbocycles. The van der Waals surface area contributed by atoms with Crippen LogP contribution >= 0.6 is 0 Å². The molecule has 1 aliphatic rings. The molecule has 1 saturated heterocycles. The predicted molar refractivity (Wildman–Crippen MR) is 70.7 cm³/mol. The minimum Gasteiger partial charge on any atom is -0.377 e. The summed E-state index contributed by atoms with van der Waals surface area (Å²) in [4.78, 5) is 6.79. The molecule has 1 aromatic heterocycles. The fourth-order valence-electron chi connectivity index (χ4n) is 2.35. The van der Waals surface area contributed by atoms with E-state index in [1.807, 2.05) is 19.1 Å². The summed E-state index contributed by atoms with van der Waals surface area (Å²) in [5.41, 5.74) is 7.73. The van der Waals surface area contributed by atoms with Crippen molar-refractivity contribution in [2.75, 3.05) is 32.2 Å². The van der Waals surface area contributed by atoms with E-state index in [2.05, 4.69) is 9.88 Å². The number of pyridine rings is 1. The monoisotopic (exact) mass is 251 g/mol. The van der Waals surface area contributed by atoms with Gasteiger partial charge in [0.1, 0.15) is 18.0 Å². The van der Waals surface area contributed by atoms with Gasteiger partial charge in [0.2, 0.25) is 0 Å². The van der Waals surface area contributed by atoms with E-state index in [-0.39, 0.29) is 12.2 Å². The average molecular weight is 251 g/mol. The Morgan fingerprint density at radius 3 is 2.33 bits per heavy atom. The van der Waals surface area contributed by atoms with Gasteiger partial charge in [0, 0.05) is 39.5 Å². The highest BCUT2D eigenvalue weighted by Gasteiger charge is 2.33. The van der Waals surface area contributed by atoms with Crippen molar-refractivity contribution in [1.82, 2.24) is 4.98 Å². The van der Waals surface area contributed by atoms with Gasteiger partial charge >= 0.3 is 0 Å². The number of methoxy groups -OCH3 is 2. The number of hydrogen-bond donors (Lipinski definition) is 1. The van der Waals surface area contributed by atoms with Gasteiger partial charge in [-0.05, 0) is 18.6 Å². The smallest absolute Gasteiger partial charge is 0.128 e. The molecule has 0 aliphatic carbocycles. The van der Waals surface area contributed by atoms with E-state index in [4.69, 9.17) is 15.2 Å². The molecule has 0 spiro atoms. The van der Waals surface area contributed by atoms with Crippen LogP contribution < -0.4 is 10.6 Å². The molecule has 2 rings (SSSR count). The Labute approximate surface area is 108 Å². The summed E-state index contributed by atoms with van der Waals surface area (Å²) in [6.07, 6.45) is 0.206. The van der Waals surface area contributed by atoms with Crippen LogP contribution in [0, 0.1) is 6.92 Å². The van der Waals surface area contributed by atoms with E-state index in [1.54, 1.807) is 14.2 Å². The summed E-state index contributed by atoms with van der Waals surface area (Å²) in [5.74, 6) is 0.964. The number of anilines is 1. The summed E-state index contributed by atoms with van der Waals surface area (Å²) in [6.45, 7) is 4.14. The number of nitrogens with zero attached hydrogens (tertiary/aromatic N) is 2. The van der Waals surface area contributed by atoms with Crippen LogP contribution in [0.3, 0.4) is 0 Å². The second-order valence-corrected chi connectivity index (χ2v) is 4.57. The highest BCUT2D eigenvalue weighted by molar-refractivity contribution is 5.43. The minimum atomic E-state index is 0.103. The Hall–Kier alpha value is -1.17. The third-order valence-corrected chi connectivity index (χ3v) is 3.55. The Bertz CT molecular complexity index is 399. The van der Waals surface area contributed by atoms with Gasteiger partial charge in [0.15, 0.2) is 0 Å². The molecule has 5 nitrogen and oxygen atoms in total. The molecular weight excluding hydrogens is 230 g/mol. The van der Waals surface area contributed by atoms with Gasteiger partial charge in [-0.25, -0.2) is 4.98 Å². The van der Waals surface area contributed by atoms with Crippen molar-refractivity contribution in [2.45, 2.75) is 25.7 Å². The zero-order valence-corrected chi connectivity index (χ0v) is 11.2. The normalized spacial score (nSPS) is 23.7. The summed E-state index contributed by atoms with van der Waals surface area (Å²) < 4.78 is 10.9. The van der Waals surface area contributed by atoms with Gasteiger partial charge in [0.25, 0.3) is 0 Å². The molecule has 2 heterocycles. The molecule has 0 amide bonds. The average Bonchev–Trinajstić information content (AvgIpc) is 2.81.